The zero-order valence-electron chi connectivity index (χ0n) is 12.3. The highest BCUT2D eigenvalue weighted by molar-refractivity contribution is 5.87. The second kappa shape index (κ2) is 7.51. The van der Waals surface area contributed by atoms with E-state index in [2.05, 4.69) is 5.32 Å². The van der Waals surface area contributed by atoms with Crippen molar-refractivity contribution in [1.29, 1.82) is 0 Å². The van der Waals surface area contributed by atoms with E-state index in [1.165, 1.54) is 18.2 Å². The van der Waals surface area contributed by atoms with Gasteiger partial charge in [-0.15, -0.1) is 0 Å². The maximum Gasteiger partial charge on any atom is 0.326 e. The average Bonchev–Trinajstić information content (AvgIpc) is 2.54. The number of rotatable bonds is 6. The molecule has 0 aromatic heterocycles. The molecule has 6 heteroatoms. The van der Waals surface area contributed by atoms with Gasteiger partial charge >= 0.3 is 5.97 Å². The van der Waals surface area contributed by atoms with Gasteiger partial charge in [-0.1, -0.05) is 42.5 Å². The zero-order chi connectivity index (χ0) is 16.8. The first-order chi connectivity index (χ1) is 11.0. The van der Waals surface area contributed by atoms with E-state index in [1.807, 2.05) is 0 Å². The molecule has 2 aromatic carbocycles. The number of carboxylic acids is 1. The first-order valence-electron chi connectivity index (χ1n) is 7.05. The van der Waals surface area contributed by atoms with Crippen LogP contribution in [0.4, 0.5) is 4.39 Å². The molecule has 2 rings (SSSR count). The van der Waals surface area contributed by atoms with Crippen LogP contribution in [0, 0.1) is 5.82 Å². The molecule has 0 aliphatic heterocycles. The van der Waals surface area contributed by atoms with E-state index in [9.17, 15) is 19.1 Å². The molecule has 0 heterocycles. The van der Waals surface area contributed by atoms with Crippen LogP contribution in [0.1, 0.15) is 17.2 Å². The molecule has 120 valence electrons. The van der Waals surface area contributed by atoms with Crippen molar-refractivity contribution < 1.29 is 19.1 Å². The number of carbonyl (C=O) groups excluding carboxylic acids is 1. The molecule has 2 aromatic rings. The predicted molar refractivity (Wildman–Crippen MR) is 83.0 cm³/mol. The van der Waals surface area contributed by atoms with Crippen LogP contribution in [-0.4, -0.2) is 23.0 Å². The molecule has 0 aliphatic carbocycles. The third-order valence-electron chi connectivity index (χ3n) is 3.38. The molecule has 0 saturated carbocycles. The fraction of sp³-hybridized carbons (Fsp3) is 0.176. The number of nitrogens with two attached hydrogens (primary N) is 1. The van der Waals surface area contributed by atoms with Gasteiger partial charge in [0, 0.05) is 6.42 Å². The van der Waals surface area contributed by atoms with Gasteiger partial charge < -0.3 is 16.2 Å². The molecule has 0 saturated heterocycles. The highest BCUT2D eigenvalue weighted by atomic mass is 19.1. The van der Waals surface area contributed by atoms with E-state index in [0.717, 1.165) is 0 Å². The van der Waals surface area contributed by atoms with Gasteiger partial charge in [-0.2, -0.15) is 0 Å². The number of amides is 1. The van der Waals surface area contributed by atoms with E-state index in [0.29, 0.717) is 11.1 Å². The SMILES string of the molecule is NC(C(=O)N[C@@H](Cc1cccc(F)c1)C(=O)O)c1ccccc1. The molecule has 1 unspecified atom stereocenters. The summed E-state index contributed by atoms with van der Waals surface area (Å²) in [5.41, 5.74) is 6.90. The van der Waals surface area contributed by atoms with Gasteiger partial charge in [-0.05, 0) is 23.3 Å². The third kappa shape index (κ3) is 4.62. The molecule has 4 N–H and O–H groups in total. The summed E-state index contributed by atoms with van der Waals surface area (Å²) in [6.07, 6.45) is -0.0274. The van der Waals surface area contributed by atoms with Gasteiger partial charge in [0.05, 0.1) is 0 Å². The maximum atomic E-state index is 13.2. The number of aliphatic carboxylic acids is 1. The fourth-order valence-electron chi connectivity index (χ4n) is 2.17. The number of carboxylic acid groups (broad SMARTS) is 1. The van der Waals surface area contributed by atoms with Crippen LogP contribution in [-0.2, 0) is 16.0 Å². The Balaban J connectivity index is 2.07. The highest BCUT2D eigenvalue weighted by Gasteiger charge is 2.24. The van der Waals surface area contributed by atoms with Crippen LogP contribution in [0.3, 0.4) is 0 Å². The Morgan fingerprint density at radius 1 is 1.13 bits per heavy atom. The number of halogens is 1. The molecule has 0 radical (unpaired) electrons. The summed E-state index contributed by atoms with van der Waals surface area (Å²) in [6.45, 7) is 0. The van der Waals surface area contributed by atoms with E-state index >= 15 is 0 Å². The van der Waals surface area contributed by atoms with Crippen molar-refractivity contribution in [2.24, 2.45) is 5.73 Å². The van der Waals surface area contributed by atoms with Crippen molar-refractivity contribution in [3.05, 3.63) is 71.5 Å². The van der Waals surface area contributed by atoms with Crippen molar-refractivity contribution in [3.8, 4) is 0 Å². The number of nitrogens with one attached hydrogen (secondary N) is 1. The Morgan fingerprint density at radius 3 is 2.43 bits per heavy atom. The Morgan fingerprint density at radius 2 is 1.83 bits per heavy atom. The van der Waals surface area contributed by atoms with E-state index in [1.54, 1.807) is 36.4 Å². The number of carbonyl (C=O) groups is 2. The van der Waals surface area contributed by atoms with E-state index in [4.69, 9.17) is 5.73 Å². The van der Waals surface area contributed by atoms with Crippen LogP contribution in [0.2, 0.25) is 0 Å². The second-order valence-electron chi connectivity index (χ2n) is 5.12. The van der Waals surface area contributed by atoms with Gasteiger partial charge in [0.2, 0.25) is 5.91 Å². The normalized spacial score (nSPS) is 13.1. The van der Waals surface area contributed by atoms with Gasteiger partial charge in [-0.25, -0.2) is 9.18 Å². The van der Waals surface area contributed by atoms with Crippen LogP contribution in [0.25, 0.3) is 0 Å². The lowest BCUT2D eigenvalue weighted by Gasteiger charge is -2.18. The topological polar surface area (TPSA) is 92.4 Å². The molecule has 2 atom stereocenters. The smallest absolute Gasteiger partial charge is 0.326 e. The minimum absolute atomic E-state index is 0.0274. The first kappa shape index (κ1) is 16.6. The molecule has 1 amide bonds. The summed E-state index contributed by atoms with van der Waals surface area (Å²) in [5, 5.41) is 11.7. The highest BCUT2D eigenvalue weighted by Crippen LogP contribution is 2.11. The largest absolute Gasteiger partial charge is 0.480 e. The monoisotopic (exact) mass is 316 g/mol. The minimum atomic E-state index is -1.21. The minimum Gasteiger partial charge on any atom is -0.480 e. The molecule has 23 heavy (non-hydrogen) atoms. The summed E-state index contributed by atoms with van der Waals surface area (Å²) in [6, 6.07) is 12.1. The third-order valence-corrected chi connectivity index (χ3v) is 3.38. The van der Waals surface area contributed by atoms with E-state index < -0.39 is 29.8 Å². The lowest BCUT2D eigenvalue weighted by atomic mass is 10.0. The van der Waals surface area contributed by atoms with Crippen LogP contribution in [0.5, 0.6) is 0 Å². The lowest BCUT2D eigenvalue weighted by molar-refractivity contribution is -0.142. The van der Waals surface area contributed by atoms with Crippen LogP contribution < -0.4 is 11.1 Å². The van der Waals surface area contributed by atoms with Crippen molar-refractivity contribution >= 4 is 11.9 Å². The Labute approximate surface area is 132 Å². The number of hydrogen-bond acceptors (Lipinski definition) is 3. The summed E-state index contributed by atoms with van der Waals surface area (Å²) in [5.74, 6) is -2.26. The molecule has 0 spiro atoms. The van der Waals surface area contributed by atoms with Crippen molar-refractivity contribution in [2.75, 3.05) is 0 Å². The van der Waals surface area contributed by atoms with Crippen LogP contribution >= 0.6 is 0 Å². The lowest BCUT2D eigenvalue weighted by Crippen LogP contribution is -2.46. The van der Waals surface area contributed by atoms with Crippen molar-refractivity contribution in [1.82, 2.24) is 5.32 Å². The predicted octanol–water partition coefficient (Wildman–Crippen LogP) is 1.64. The van der Waals surface area contributed by atoms with Gasteiger partial charge in [0.15, 0.2) is 0 Å². The Kier molecular flexibility index (Phi) is 5.43. The standard InChI is InChI=1S/C17H17FN2O3/c18-13-8-4-5-11(9-13)10-14(17(22)23)20-16(21)15(19)12-6-2-1-3-7-12/h1-9,14-15H,10,19H2,(H,20,21)(H,22,23)/t14-,15?/m0/s1. The molecule has 0 fully saturated rings. The van der Waals surface area contributed by atoms with Gasteiger partial charge in [0.25, 0.3) is 0 Å². The fourth-order valence-corrected chi connectivity index (χ4v) is 2.17. The van der Waals surface area contributed by atoms with Crippen molar-refractivity contribution in [3.63, 3.8) is 0 Å². The van der Waals surface area contributed by atoms with Gasteiger partial charge in [-0.3, -0.25) is 4.79 Å². The average molecular weight is 316 g/mol. The van der Waals surface area contributed by atoms with E-state index in [-0.39, 0.29) is 6.42 Å². The van der Waals surface area contributed by atoms with Gasteiger partial charge in [0.1, 0.15) is 17.9 Å². The van der Waals surface area contributed by atoms with Crippen LogP contribution in [0.15, 0.2) is 54.6 Å². The molecule has 0 aliphatic rings. The Bertz CT molecular complexity index is 691. The molecule has 5 nitrogen and oxygen atoms in total. The quantitative estimate of drug-likeness (QED) is 0.755. The van der Waals surface area contributed by atoms with Crippen molar-refractivity contribution in [2.45, 2.75) is 18.5 Å². The maximum absolute atomic E-state index is 13.2. The summed E-state index contributed by atoms with van der Waals surface area (Å²) in [4.78, 5) is 23.5. The summed E-state index contributed by atoms with van der Waals surface area (Å²) < 4.78 is 13.2. The Hall–Kier alpha value is -2.73. The first-order valence-corrected chi connectivity index (χ1v) is 7.05. The molecular weight excluding hydrogens is 299 g/mol. The number of hydrogen-bond donors (Lipinski definition) is 3. The number of benzene rings is 2. The zero-order valence-corrected chi connectivity index (χ0v) is 12.3. The summed E-state index contributed by atoms with van der Waals surface area (Å²) >= 11 is 0. The molecule has 0 bridgehead atoms. The molecular formula is C17H17FN2O3. The summed E-state index contributed by atoms with van der Waals surface area (Å²) in [7, 11) is 0. The second-order valence-corrected chi connectivity index (χ2v) is 5.12.